The minimum Gasteiger partial charge on any atom is -0.382 e. The van der Waals surface area contributed by atoms with Crippen molar-refractivity contribution in [3.63, 3.8) is 0 Å². The molecule has 110 valence electrons. The second-order valence-electron chi connectivity index (χ2n) is 5.98. The summed E-state index contributed by atoms with van der Waals surface area (Å²) in [7, 11) is 0. The predicted octanol–water partition coefficient (Wildman–Crippen LogP) is 2.56. The number of carbonyl (C=O) groups excluding carboxylic acids is 1. The lowest BCUT2D eigenvalue weighted by Gasteiger charge is -2.19. The van der Waals surface area contributed by atoms with Gasteiger partial charge in [0.1, 0.15) is 10.7 Å². The maximum absolute atomic E-state index is 12.6. The summed E-state index contributed by atoms with van der Waals surface area (Å²) in [5.74, 6) is 1.14. The van der Waals surface area contributed by atoms with Gasteiger partial charge in [-0.15, -0.1) is 0 Å². The molecule has 0 spiro atoms. The molecule has 2 aliphatic rings. The van der Waals surface area contributed by atoms with Gasteiger partial charge in [-0.1, -0.05) is 18.3 Å². The van der Waals surface area contributed by atoms with Crippen molar-refractivity contribution in [2.75, 3.05) is 24.1 Å². The highest BCUT2D eigenvalue weighted by Crippen LogP contribution is 2.31. The van der Waals surface area contributed by atoms with Crippen molar-refractivity contribution >= 4 is 28.2 Å². The molecule has 6 heteroatoms. The van der Waals surface area contributed by atoms with E-state index in [1.165, 1.54) is 30.6 Å². The molecular weight excluding hydrogens is 272 g/mol. The predicted molar refractivity (Wildman–Crippen MR) is 82.1 cm³/mol. The normalized spacial score (nSPS) is 23.4. The molecule has 1 atom stereocenters. The number of nitrogens with zero attached hydrogens (tertiary/aromatic N) is 2. The number of likely N-dealkylation sites (tertiary alicyclic amines) is 1. The van der Waals surface area contributed by atoms with Crippen LogP contribution in [0.3, 0.4) is 0 Å². The third-order valence-electron chi connectivity index (χ3n) is 4.06. The molecule has 0 aromatic carbocycles. The Labute approximate surface area is 123 Å². The van der Waals surface area contributed by atoms with Gasteiger partial charge in [0.15, 0.2) is 5.13 Å². The molecular formula is C14H22N4OS. The highest BCUT2D eigenvalue weighted by molar-refractivity contribution is 7.18. The van der Waals surface area contributed by atoms with Crippen LogP contribution in [0, 0.1) is 5.92 Å². The van der Waals surface area contributed by atoms with Crippen molar-refractivity contribution in [1.29, 1.82) is 0 Å². The lowest BCUT2D eigenvalue weighted by atomic mass is 10.0. The molecule has 0 radical (unpaired) electrons. The number of nitrogens with two attached hydrogens (primary N) is 1. The smallest absolute Gasteiger partial charge is 0.267 e. The Morgan fingerprint density at radius 1 is 1.35 bits per heavy atom. The van der Waals surface area contributed by atoms with E-state index in [1.807, 2.05) is 4.90 Å². The number of aromatic nitrogens is 1. The van der Waals surface area contributed by atoms with Gasteiger partial charge in [-0.25, -0.2) is 4.98 Å². The fraction of sp³-hybridized carbons (Fsp3) is 0.714. The van der Waals surface area contributed by atoms with Crippen molar-refractivity contribution in [2.45, 2.75) is 45.1 Å². The van der Waals surface area contributed by atoms with Gasteiger partial charge in [0.05, 0.1) is 0 Å². The molecule has 1 aromatic rings. The zero-order chi connectivity index (χ0) is 14.1. The molecule has 1 saturated heterocycles. The zero-order valence-electron chi connectivity index (χ0n) is 11.9. The average molecular weight is 294 g/mol. The largest absolute Gasteiger partial charge is 0.382 e. The van der Waals surface area contributed by atoms with Gasteiger partial charge in [-0.3, -0.25) is 4.79 Å². The molecule has 2 fully saturated rings. The van der Waals surface area contributed by atoms with Crippen LogP contribution in [-0.2, 0) is 0 Å². The highest BCUT2D eigenvalue weighted by atomic mass is 32.1. The first-order valence-corrected chi connectivity index (χ1v) is 8.27. The summed E-state index contributed by atoms with van der Waals surface area (Å²) in [6.07, 6.45) is 5.74. The molecule has 1 saturated carbocycles. The van der Waals surface area contributed by atoms with E-state index in [0.29, 0.717) is 22.7 Å². The second-order valence-corrected chi connectivity index (χ2v) is 6.98. The minimum atomic E-state index is 0.0537. The zero-order valence-corrected chi connectivity index (χ0v) is 12.7. The van der Waals surface area contributed by atoms with Crippen LogP contribution in [0.2, 0.25) is 0 Å². The molecule has 3 rings (SSSR count). The van der Waals surface area contributed by atoms with Crippen LogP contribution in [-0.4, -0.2) is 34.9 Å². The fourth-order valence-corrected chi connectivity index (χ4v) is 3.49. The molecule has 1 aliphatic carbocycles. The molecule has 2 heterocycles. The summed E-state index contributed by atoms with van der Waals surface area (Å²) in [5.41, 5.74) is 5.92. The SMILES string of the molecule is CC1CCCN(C(=O)c2sc(NC3CC3)nc2N)CC1. The minimum absolute atomic E-state index is 0.0537. The van der Waals surface area contributed by atoms with Crippen molar-refractivity contribution in [2.24, 2.45) is 5.92 Å². The number of nitrogen functional groups attached to an aromatic ring is 1. The number of carbonyl (C=O) groups is 1. The van der Waals surface area contributed by atoms with Gasteiger partial charge < -0.3 is 16.0 Å². The monoisotopic (exact) mass is 294 g/mol. The first-order valence-electron chi connectivity index (χ1n) is 7.45. The van der Waals surface area contributed by atoms with Crippen molar-refractivity contribution in [1.82, 2.24) is 9.88 Å². The standard InChI is InChI=1S/C14H22N4OS/c1-9-3-2-7-18(8-6-9)13(19)11-12(15)17-14(20-11)16-10-4-5-10/h9-10H,2-8,15H2,1H3,(H,16,17). The Bertz CT molecular complexity index is 497. The van der Waals surface area contributed by atoms with Crippen LogP contribution in [0.15, 0.2) is 0 Å². The molecule has 0 bridgehead atoms. The van der Waals surface area contributed by atoms with Crippen LogP contribution >= 0.6 is 11.3 Å². The van der Waals surface area contributed by atoms with Gasteiger partial charge in [-0.05, 0) is 38.0 Å². The summed E-state index contributed by atoms with van der Waals surface area (Å²) in [5, 5.41) is 4.10. The Hall–Kier alpha value is -1.30. The van der Waals surface area contributed by atoms with Crippen LogP contribution < -0.4 is 11.1 Å². The molecule has 1 amide bonds. The number of hydrogen-bond donors (Lipinski definition) is 2. The maximum Gasteiger partial charge on any atom is 0.267 e. The molecule has 1 unspecified atom stereocenters. The van der Waals surface area contributed by atoms with Crippen LogP contribution in [0.1, 0.15) is 48.7 Å². The maximum atomic E-state index is 12.6. The van der Waals surface area contributed by atoms with Crippen molar-refractivity contribution in [3.8, 4) is 0 Å². The van der Waals surface area contributed by atoms with Crippen molar-refractivity contribution < 1.29 is 4.79 Å². The van der Waals surface area contributed by atoms with E-state index in [4.69, 9.17) is 5.73 Å². The number of anilines is 2. The summed E-state index contributed by atoms with van der Waals surface area (Å²) < 4.78 is 0. The van der Waals surface area contributed by atoms with Gasteiger partial charge in [-0.2, -0.15) is 0 Å². The van der Waals surface area contributed by atoms with Crippen molar-refractivity contribution in [3.05, 3.63) is 4.88 Å². The lowest BCUT2D eigenvalue weighted by Crippen LogP contribution is -2.31. The fourth-order valence-electron chi connectivity index (χ4n) is 2.56. The molecule has 3 N–H and O–H groups in total. The second kappa shape index (κ2) is 5.60. The van der Waals surface area contributed by atoms with E-state index < -0.39 is 0 Å². The Kier molecular flexibility index (Phi) is 3.83. The van der Waals surface area contributed by atoms with Gasteiger partial charge in [0.2, 0.25) is 0 Å². The van der Waals surface area contributed by atoms with E-state index in [0.717, 1.165) is 31.1 Å². The van der Waals surface area contributed by atoms with Crippen LogP contribution in [0.25, 0.3) is 0 Å². The number of rotatable bonds is 3. The first kappa shape index (κ1) is 13.7. The van der Waals surface area contributed by atoms with Gasteiger partial charge in [0, 0.05) is 19.1 Å². The van der Waals surface area contributed by atoms with Crippen LogP contribution in [0.4, 0.5) is 10.9 Å². The summed E-state index contributed by atoms with van der Waals surface area (Å²) in [6, 6.07) is 0.530. The summed E-state index contributed by atoms with van der Waals surface area (Å²) in [6.45, 7) is 3.93. The Morgan fingerprint density at radius 3 is 2.90 bits per heavy atom. The average Bonchev–Trinajstić information content (AvgIpc) is 3.17. The Morgan fingerprint density at radius 2 is 2.15 bits per heavy atom. The summed E-state index contributed by atoms with van der Waals surface area (Å²) in [4.78, 5) is 19.4. The third-order valence-corrected chi connectivity index (χ3v) is 5.05. The first-order chi connectivity index (χ1) is 9.63. The van der Waals surface area contributed by atoms with Gasteiger partial charge >= 0.3 is 0 Å². The van der Waals surface area contributed by atoms with E-state index >= 15 is 0 Å². The topological polar surface area (TPSA) is 71.2 Å². The highest BCUT2D eigenvalue weighted by Gasteiger charge is 2.26. The number of nitrogens with one attached hydrogen (secondary N) is 1. The molecule has 20 heavy (non-hydrogen) atoms. The molecule has 5 nitrogen and oxygen atoms in total. The number of thiazole rings is 1. The number of hydrogen-bond acceptors (Lipinski definition) is 5. The lowest BCUT2D eigenvalue weighted by molar-refractivity contribution is 0.0766. The summed E-state index contributed by atoms with van der Waals surface area (Å²) >= 11 is 1.40. The quantitative estimate of drug-likeness (QED) is 0.898. The molecule has 1 aliphatic heterocycles. The van der Waals surface area contributed by atoms with E-state index in [9.17, 15) is 4.79 Å². The number of amides is 1. The third kappa shape index (κ3) is 3.06. The Balaban J connectivity index is 1.70. The van der Waals surface area contributed by atoms with E-state index in [-0.39, 0.29) is 5.91 Å². The van der Waals surface area contributed by atoms with Gasteiger partial charge in [0.25, 0.3) is 5.91 Å². The molecule has 1 aromatic heterocycles. The van der Waals surface area contributed by atoms with E-state index in [2.05, 4.69) is 17.2 Å². The van der Waals surface area contributed by atoms with E-state index in [1.54, 1.807) is 0 Å². The van der Waals surface area contributed by atoms with Crippen LogP contribution in [0.5, 0.6) is 0 Å².